The molecule has 0 aromatic heterocycles. The van der Waals surface area contributed by atoms with Gasteiger partial charge in [0.05, 0.1) is 16.0 Å². The van der Waals surface area contributed by atoms with E-state index in [1.807, 2.05) is 6.92 Å². The fourth-order valence-electron chi connectivity index (χ4n) is 2.23. The summed E-state index contributed by atoms with van der Waals surface area (Å²) in [6.07, 6.45) is -1.75. The number of hydrogen-bond donors (Lipinski definition) is 1. The Labute approximate surface area is 107 Å². The van der Waals surface area contributed by atoms with E-state index in [0.717, 1.165) is 5.56 Å². The zero-order chi connectivity index (χ0) is 13.5. The molecule has 1 aromatic carbocycles. The molecule has 1 unspecified atom stereocenters. The van der Waals surface area contributed by atoms with Gasteiger partial charge in [-0.05, 0) is 25.5 Å². The van der Waals surface area contributed by atoms with E-state index in [1.54, 1.807) is 24.3 Å². The highest BCUT2D eigenvalue weighted by Gasteiger charge is 2.56. The number of benzene rings is 1. The monoisotopic (exact) mass is 274 g/mol. The van der Waals surface area contributed by atoms with Crippen molar-refractivity contribution in [2.45, 2.75) is 42.4 Å². The smallest absolute Gasteiger partial charge is 0.277 e. The average Bonchev–Trinajstić information content (AvgIpc) is 2.53. The van der Waals surface area contributed by atoms with Gasteiger partial charge in [-0.3, -0.25) is 4.21 Å². The Morgan fingerprint density at radius 3 is 2.33 bits per heavy atom. The topological polar surface area (TPSA) is 37.3 Å². The molecule has 2 nitrogen and oxygen atoms in total. The molecule has 4 atom stereocenters. The minimum atomic E-state index is -3.15. The van der Waals surface area contributed by atoms with Crippen LogP contribution in [0.5, 0.6) is 0 Å². The first-order valence-corrected chi connectivity index (χ1v) is 7.08. The Hall–Kier alpha value is -0.810. The Morgan fingerprint density at radius 2 is 1.89 bits per heavy atom. The first-order chi connectivity index (χ1) is 8.34. The number of alkyl halides is 2. The summed E-state index contributed by atoms with van der Waals surface area (Å²) in [6, 6.07) is 6.91. The van der Waals surface area contributed by atoms with E-state index < -0.39 is 34.0 Å². The summed E-state index contributed by atoms with van der Waals surface area (Å²) in [5.74, 6) is -4.09. The van der Waals surface area contributed by atoms with Gasteiger partial charge in [0.1, 0.15) is 6.10 Å². The van der Waals surface area contributed by atoms with Gasteiger partial charge in [0, 0.05) is 10.8 Å². The maximum absolute atomic E-state index is 13.5. The van der Waals surface area contributed by atoms with Crippen molar-refractivity contribution in [3.05, 3.63) is 29.8 Å². The first kappa shape index (κ1) is 13.6. The van der Waals surface area contributed by atoms with E-state index in [0.29, 0.717) is 4.90 Å². The maximum Gasteiger partial charge on any atom is 0.277 e. The average molecular weight is 274 g/mol. The molecular formula is C13H16F2O2S. The zero-order valence-electron chi connectivity index (χ0n) is 10.3. The van der Waals surface area contributed by atoms with Gasteiger partial charge in [0.15, 0.2) is 0 Å². The predicted molar refractivity (Wildman–Crippen MR) is 66.1 cm³/mol. The van der Waals surface area contributed by atoms with Gasteiger partial charge < -0.3 is 5.11 Å². The van der Waals surface area contributed by atoms with Gasteiger partial charge in [0.2, 0.25) is 0 Å². The van der Waals surface area contributed by atoms with Crippen molar-refractivity contribution < 1.29 is 18.1 Å². The van der Waals surface area contributed by atoms with Gasteiger partial charge >= 0.3 is 0 Å². The van der Waals surface area contributed by atoms with Gasteiger partial charge in [0.25, 0.3) is 5.92 Å². The number of halogens is 2. The number of hydrogen-bond acceptors (Lipinski definition) is 2. The Balaban J connectivity index is 2.23. The third-order valence-corrected chi connectivity index (χ3v) is 5.25. The van der Waals surface area contributed by atoms with Crippen LogP contribution in [0.4, 0.5) is 8.78 Å². The summed E-state index contributed by atoms with van der Waals surface area (Å²) in [4.78, 5) is 0.495. The lowest BCUT2D eigenvalue weighted by atomic mass is 10.1. The lowest BCUT2D eigenvalue weighted by molar-refractivity contribution is -0.110. The van der Waals surface area contributed by atoms with Crippen molar-refractivity contribution in [1.29, 1.82) is 0 Å². The molecule has 100 valence electrons. The van der Waals surface area contributed by atoms with Crippen LogP contribution in [-0.2, 0) is 10.8 Å². The fourth-order valence-corrected chi connectivity index (χ4v) is 3.86. The molecule has 1 aromatic rings. The van der Waals surface area contributed by atoms with Gasteiger partial charge in [-0.2, -0.15) is 0 Å². The highest BCUT2D eigenvalue weighted by molar-refractivity contribution is 7.85. The first-order valence-electron chi connectivity index (χ1n) is 5.87. The van der Waals surface area contributed by atoms with Crippen molar-refractivity contribution in [3.63, 3.8) is 0 Å². The van der Waals surface area contributed by atoms with Crippen molar-refractivity contribution in [2.24, 2.45) is 5.92 Å². The molecule has 0 radical (unpaired) electrons. The van der Waals surface area contributed by atoms with E-state index >= 15 is 0 Å². The van der Waals surface area contributed by atoms with Crippen molar-refractivity contribution in [2.75, 3.05) is 0 Å². The summed E-state index contributed by atoms with van der Waals surface area (Å²) in [7, 11) is -1.59. The number of aliphatic hydroxyl groups is 1. The highest BCUT2D eigenvalue weighted by atomic mass is 32.2. The minimum absolute atomic E-state index is 0.0780. The fraction of sp³-hybridized carbons (Fsp3) is 0.538. The van der Waals surface area contributed by atoms with E-state index in [9.17, 15) is 18.1 Å². The predicted octanol–water partition coefficient (Wildman–Crippen LogP) is 2.51. The van der Waals surface area contributed by atoms with Crippen LogP contribution in [0.15, 0.2) is 29.2 Å². The van der Waals surface area contributed by atoms with Crippen molar-refractivity contribution in [3.8, 4) is 0 Å². The Morgan fingerprint density at radius 1 is 1.33 bits per heavy atom. The third kappa shape index (κ3) is 2.21. The summed E-state index contributed by atoms with van der Waals surface area (Å²) in [5, 5.41) is 8.74. The molecule has 1 aliphatic carbocycles. The van der Waals surface area contributed by atoms with Crippen LogP contribution >= 0.6 is 0 Å². The number of rotatable bonds is 2. The molecule has 1 fully saturated rings. The molecule has 0 bridgehead atoms. The van der Waals surface area contributed by atoms with Crippen LogP contribution in [-0.4, -0.2) is 26.6 Å². The second kappa shape index (κ2) is 4.70. The zero-order valence-corrected chi connectivity index (χ0v) is 11.1. The Bertz CT molecular complexity index is 459. The molecule has 0 aliphatic heterocycles. The summed E-state index contributed by atoms with van der Waals surface area (Å²) < 4.78 is 39.3. The molecule has 1 aliphatic rings. The molecule has 5 heteroatoms. The number of aryl methyl sites for hydroxylation is 1. The molecule has 1 saturated carbocycles. The lowest BCUT2D eigenvalue weighted by Gasteiger charge is -2.20. The summed E-state index contributed by atoms with van der Waals surface area (Å²) in [6.45, 7) is 3.28. The normalized spacial score (nSPS) is 32.4. The third-order valence-electron chi connectivity index (χ3n) is 3.52. The quantitative estimate of drug-likeness (QED) is 0.899. The maximum atomic E-state index is 13.5. The lowest BCUT2D eigenvalue weighted by Crippen LogP contribution is -2.38. The SMILES string of the molecule is Cc1ccc(S(=O)[C@@H]2C[C@H](C)C(F)(F)[C@@H]2O)cc1. The van der Waals surface area contributed by atoms with Crippen LogP contribution in [0.3, 0.4) is 0 Å². The molecule has 2 rings (SSSR count). The van der Waals surface area contributed by atoms with E-state index in [2.05, 4.69) is 0 Å². The highest BCUT2D eigenvalue weighted by Crippen LogP contribution is 2.43. The second-order valence-electron chi connectivity index (χ2n) is 4.91. The van der Waals surface area contributed by atoms with Gasteiger partial charge in [-0.15, -0.1) is 0 Å². The van der Waals surface area contributed by atoms with Crippen molar-refractivity contribution >= 4 is 10.8 Å². The van der Waals surface area contributed by atoms with Gasteiger partial charge in [-0.25, -0.2) is 8.78 Å². The van der Waals surface area contributed by atoms with Crippen LogP contribution in [0.25, 0.3) is 0 Å². The van der Waals surface area contributed by atoms with Crippen LogP contribution in [0.2, 0.25) is 0 Å². The van der Waals surface area contributed by atoms with Crippen molar-refractivity contribution in [1.82, 2.24) is 0 Å². The summed E-state index contributed by atoms with van der Waals surface area (Å²) in [5.41, 5.74) is 1.02. The minimum Gasteiger partial charge on any atom is -0.386 e. The molecule has 0 amide bonds. The van der Waals surface area contributed by atoms with Crippen LogP contribution in [0.1, 0.15) is 18.9 Å². The molecule has 0 saturated heterocycles. The standard InChI is InChI=1S/C13H16F2O2S/c1-8-3-5-10(6-4-8)18(17)11-7-9(2)13(14,15)12(11)16/h3-6,9,11-12,16H,7H2,1-2H3/t9-,11+,12+,18?/m0/s1. The molecule has 0 spiro atoms. The van der Waals surface area contributed by atoms with E-state index in [1.165, 1.54) is 6.92 Å². The number of aliphatic hydroxyl groups excluding tert-OH is 1. The van der Waals surface area contributed by atoms with E-state index in [4.69, 9.17) is 0 Å². The molecule has 0 heterocycles. The largest absolute Gasteiger partial charge is 0.386 e. The van der Waals surface area contributed by atoms with Gasteiger partial charge in [-0.1, -0.05) is 24.6 Å². The Kier molecular flexibility index (Phi) is 3.56. The van der Waals surface area contributed by atoms with Crippen LogP contribution < -0.4 is 0 Å². The molecular weight excluding hydrogens is 258 g/mol. The summed E-state index contributed by atoms with van der Waals surface area (Å²) >= 11 is 0. The van der Waals surface area contributed by atoms with E-state index in [-0.39, 0.29) is 6.42 Å². The molecule has 1 N–H and O–H groups in total. The molecule has 18 heavy (non-hydrogen) atoms. The second-order valence-corrected chi connectivity index (χ2v) is 6.58. The van der Waals surface area contributed by atoms with Crippen LogP contribution in [0, 0.1) is 12.8 Å².